The van der Waals surface area contributed by atoms with Crippen molar-refractivity contribution >= 4 is 67.8 Å². The lowest BCUT2D eigenvalue weighted by Crippen LogP contribution is -2.50. The number of anilines is 2. The van der Waals surface area contributed by atoms with Crippen molar-refractivity contribution in [3.63, 3.8) is 0 Å². The first-order valence-corrected chi connectivity index (χ1v) is 22.9. The Labute approximate surface area is 374 Å². The summed E-state index contributed by atoms with van der Waals surface area (Å²) >= 11 is 0. The lowest BCUT2D eigenvalue weighted by molar-refractivity contribution is -0.135. The number of hydrogen-bond acceptors (Lipinski definition) is 11. The highest BCUT2D eigenvalue weighted by Crippen LogP contribution is 2.51. The zero-order valence-corrected chi connectivity index (χ0v) is 36.3. The molecule has 3 aliphatic heterocycles. The summed E-state index contributed by atoms with van der Waals surface area (Å²) < 4.78 is 56.3. The van der Waals surface area contributed by atoms with E-state index in [0.717, 1.165) is 21.0 Å². The minimum atomic E-state index is -3.89. The molecular weight excluding hydrogens is 858 g/mol. The highest BCUT2D eigenvalue weighted by atomic mass is 32.3. The number of amides is 4. The van der Waals surface area contributed by atoms with Gasteiger partial charge in [0.2, 0.25) is 17.7 Å². The lowest BCUT2D eigenvalue weighted by Gasteiger charge is -2.37. The normalized spacial score (nSPS) is 19.0. The van der Waals surface area contributed by atoms with Crippen molar-refractivity contribution in [3.8, 4) is 5.75 Å². The summed E-state index contributed by atoms with van der Waals surface area (Å²) in [6.45, 7) is 1.04. The molecule has 5 N–H and O–H groups in total. The molecule has 16 nitrogen and oxygen atoms in total. The number of fused-ring (bicyclic) bond motifs is 2. The lowest BCUT2D eigenvalue weighted by atomic mass is 9.88. The van der Waals surface area contributed by atoms with Gasteiger partial charge in [-0.2, -0.15) is 0 Å². The number of imide groups is 1. The quantitative estimate of drug-likeness (QED) is 0.0840. The molecule has 0 spiro atoms. The third-order valence-electron chi connectivity index (χ3n) is 12.4. The van der Waals surface area contributed by atoms with Crippen LogP contribution in [0.1, 0.15) is 54.3 Å². The van der Waals surface area contributed by atoms with Gasteiger partial charge in [-0.25, -0.2) is 18.2 Å². The van der Waals surface area contributed by atoms with Crippen LogP contribution in [0.15, 0.2) is 108 Å². The second-order valence-corrected chi connectivity index (χ2v) is 18.3. The van der Waals surface area contributed by atoms with E-state index in [1.807, 2.05) is 78.9 Å². The van der Waals surface area contributed by atoms with E-state index in [9.17, 15) is 33.1 Å². The summed E-state index contributed by atoms with van der Waals surface area (Å²) in [6.07, 6.45) is 1.82. The van der Waals surface area contributed by atoms with E-state index in [1.54, 1.807) is 25.2 Å². The number of halogens is 1. The van der Waals surface area contributed by atoms with E-state index in [0.29, 0.717) is 54.6 Å². The third kappa shape index (κ3) is 8.95. The van der Waals surface area contributed by atoms with Gasteiger partial charge in [-0.15, -0.1) is 0 Å². The molecule has 3 saturated heterocycles. The fourth-order valence-corrected chi connectivity index (χ4v) is 10.2. The molecule has 0 radical (unpaired) electrons. The highest BCUT2D eigenvalue weighted by Gasteiger charge is 2.39. The van der Waals surface area contributed by atoms with Crippen LogP contribution < -0.4 is 30.1 Å². The fraction of sp³-hybridized carbons (Fsp3) is 0.298. The molecule has 0 bridgehead atoms. The Balaban J connectivity index is 0.951. The number of likely N-dealkylation sites (tertiary alicyclic amines) is 1. The molecule has 0 saturated carbocycles. The Morgan fingerprint density at radius 3 is 2.25 bits per heavy atom. The number of rotatable bonds is 13. The highest BCUT2D eigenvalue weighted by molar-refractivity contribution is 8.24. The molecule has 6 aromatic rings. The van der Waals surface area contributed by atoms with E-state index < -0.39 is 47.2 Å². The van der Waals surface area contributed by atoms with Crippen LogP contribution in [0, 0.1) is 5.82 Å². The number of nitrogens with zero attached hydrogens (tertiary/aromatic N) is 4. The molecule has 0 aliphatic carbocycles. The van der Waals surface area contributed by atoms with Gasteiger partial charge in [0.15, 0.2) is 5.82 Å². The summed E-state index contributed by atoms with van der Waals surface area (Å²) in [7, 11) is -2.21. The first kappa shape index (κ1) is 43.7. The second kappa shape index (κ2) is 18.1. The molecule has 9 rings (SSSR count). The average Bonchev–Trinajstić information content (AvgIpc) is 3.72. The van der Waals surface area contributed by atoms with Crippen molar-refractivity contribution in [2.45, 2.75) is 56.9 Å². The number of carbonyl (C=O) groups excluding carboxylic acids is 4. The van der Waals surface area contributed by atoms with Crippen LogP contribution in [-0.4, -0.2) is 79.1 Å². The van der Waals surface area contributed by atoms with Crippen LogP contribution in [-0.2, 0) is 44.2 Å². The maximum absolute atomic E-state index is 16.6. The largest absolute Gasteiger partial charge is 0.487 e. The van der Waals surface area contributed by atoms with Gasteiger partial charge in [-0.1, -0.05) is 66.7 Å². The summed E-state index contributed by atoms with van der Waals surface area (Å²) in [5.74, 6) is -2.58. The van der Waals surface area contributed by atoms with Crippen LogP contribution in [0.2, 0.25) is 0 Å². The standard InChI is InChI=1S/C47H48FN7O9S/c1-52-38-23-32(12-15-36(38)55(47(52)60)37-16-17-41(56)50-45(37)58)31-18-20-53(21-19-31)39(28-63-26-29-8-4-2-5-9-29)46(59)49-34-13-14-35-33(22-34)24-40(64-27-30-10-6-3-7-11-30)44(43(35)48)54-25-42(57)51-65(54,61)62/h2-15,22-24,31,37,39,61-62H,16-21,25-28H2,1H3,(H,49,59)(H,51,57)(H,50,56,58)/t37?,39-/m1/s1. The molecule has 1 unspecified atom stereocenters. The number of aryl methyl sites for hydroxylation is 1. The second-order valence-electron chi connectivity index (χ2n) is 16.6. The van der Waals surface area contributed by atoms with Crippen molar-refractivity contribution in [2.75, 3.05) is 35.9 Å². The molecule has 1 aromatic heterocycles. The van der Waals surface area contributed by atoms with Crippen LogP contribution in [0.4, 0.5) is 15.8 Å². The number of nitrogens with one attached hydrogen (secondary N) is 3. The Morgan fingerprint density at radius 2 is 1.57 bits per heavy atom. The fourth-order valence-electron chi connectivity index (χ4n) is 8.99. The van der Waals surface area contributed by atoms with E-state index >= 15 is 4.39 Å². The number of aromatic nitrogens is 2. The van der Waals surface area contributed by atoms with E-state index in [2.05, 4.69) is 20.3 Å². The molecule has 4 amide bonds. The van der Waals surface area contributed by atoms with E-state index in [4.69, 9.17) is 9.47 Å². The molecule has 338 valence electrons. The molecule has 4 heterocycles. The van der Waals surface area contributed by atoms with Crippen LogP contribution in [0.3, 0.4) is 0 Å². The zero-order chi connectivity index (χ0) is 45.4. The van der Waals surface area contributed by atoms with Crippen molar-refractivity contribution in [3.05, 3.63) is 136 Å². The predicted molar refractivity (Wildman–Crippen MR) is 244 cm³/mol. The van der Waals surface area contributed by atoms with Crippen LogP contribution in [0.25, 0.3) is 21.8 Å². The van der Waals surface area contributed by atoms with Crippen molar-refractivity contribution in [1.82, 2.24) is 24.1 Å². The number of imidazole rings is 1. The van der Waals surface area contributed by atoms with Crippen molar-refractivity contribution < 1.29 is 42.1 Å². The minimum Gasteiger partial charge on any atom is -0.487 e. The van der Waals surface area contributed by atoms with Crippen molar-refractivity contribution in [2.24, 2.45) is 7.05 Å². The predicted octanol–water partition coefficient (Wildman–Crippen LogP) is 6.11. The summed E-state index contributed by atoms with van der Waals surface area (Å²) in [6, 6.07) is 29.4. The van der Waals surface area contributed by atoms with Gasteiger partial charge < -0.3 is 14.8 Å². The number of carbonyl (C=O) groups is 4. The Hall–Kier alpha value is -6.57. The average molecular weight is 906 g/mol. The monoisotopic (exact) mass is 905 g/mol. The molecule has 65 heavy (non-hydrogen) atoms. The molecular formula is C47H48FN7O9S. The molecule has 3 fully saturated rings. The summed E-state index contributed by atoms with van der Waals surface area (Å²) in [4.78, 5) is 66.7. The molecule has 18 heteroatoms. The van der Waals surface area contributed by atoms with Gasteiger partial charge in [0.1, 0.15) is 36.7 Å². The smallest absolute Gasteiger partial charge is 0.329 e. The first-order valence-electron chi connectivity index (χ1n) is 21.3. The third-order valence-corrected chi connectivity index (χ3v) is 13.8. The number of benzene rings is 5. The topological polar surface area (TPSA) is 197 Å². The number of ether oxygens (including phenoxy) is 2. The van der Waals surface area contributed by atoms with Crippen molar-refractivity contribution in [1.29, 1.82) is 0 Å². The van der Waals surface area contributed by atoms with Gasteiger partial charge in [0.25, 0.3) is 5.91 Å². The number of piperidine rings is 2. The summed E-state index contributed by atoms with van der Waals surface area (Å²) in [5.41, 5.74) is 3.85. The van der Waals surface area contributed by atoms with Gasteiger partial charge >= 0.3 is 5.69 Å². The Kier molecular flexibility index (Phi) is 12.2. The number of hydrogen-bond donors (Lipinski definition) is 5. The van der Waals surface area contributed by atoms with Crippen LogP contribution in [0.5, 0.6) is 5.75 Å². The molecule has 2 atom stereocenters. The van der Waals surface area contributed by atoms with Crippen LogP contribution >= 0.6 is 11.0 Å². The molecule has 3 aliphatic rings. The first-order chi connectivity index (χ1) is 31.3. The van der Waals surface area contributed by atoms with Gasteiger partial charge in [0.05, 0.1) is 24.2 Å². The van der Waals surface area contributed by atoms with E-state index in [1.165, 1.54) is 15.2 Å². The molecule has 5 aromatic carbocycles. The Bertz CT molecular complexity index is 2870. The SMILES string of the molecule is Cn1c(=O)n(C2CCC(=O)NC2=O)c2ccc(C3CCN([C@H](COCc4ccccc4)C(=O)Nc4ccc5c(F)c(N6CC(=O)NS6(O)O)c(OCc6ccccc6)cc5c4)CC3)cc21. The van der Waals surface area contributed by atoms with Gasteiger partial charge in [-0.3, -0.25) is 47.6 Å². The maximum atomic E-state index is 16.6. The van der Waals surface area contributed by atoms with Gasteiger partial charge in [0, 0.05) is 24.5 Å². The zero-order valence-electron chi connectivity index (χ0n) is 35.4. The maximum Gasteiger partial charge on any atom is 0.329 e. The van der Waals surface area contributed by atoms with Gasteiger partial charge in [-0.05, 0) is 108 Å². The van der Waals surface area contributed by atoms with E-state index in [-0.39, 0.29) is 66.3 Å². The Morgan fingerprint density at radius 1 is 0.862 bits per heavy atom. The summed E-state index contributed by atoms with van der Waals surface area (Å²) in [5, 5.41) is 5.85. The minimum absolute atomic E-state index is 0.0251.